The van der Waals surface area contributed by atoms with Gasteiger partial charge in [-0.3, -0.25) is 14.4 Å². The summed E-state index contributed by atoms with van der Waals surface area (Å²) in [4.78, 5) is 40.0. The Morgan fingerprint density at radius 2 is 1.66 bits per heavy atom. The Morgan fingerprint density at radius 1 is 0.947 bits per heavy atom. The molecule has 0 spiro atoms. The third-order valence-electron chi connectivity index (χ3n) is 6.82. The molecule has 0 aliphatic carbocycles. The fraction of sp³-hybridized carbons (Fsp3) is 0.467. The summed E-state index contributed by atoms with van der Waals surface area (Å²) in [5, 5.41) is 7.12. The van der Waals surface area contributed by atoms with Gasteiger partial charge in [-0.2, -0.15) is 5.10 Å². The number of carbonyl (C=O) groups excluding carboxylic acids is 3. The lowest BCUT2D eigenvalue weighted by Gasteiger charge is -2.31. The van der Waals surface area contributed by atoms with Gasteiger partial charge in [-0.25, -0.2) is 9.82 Å². The van der Waals surface area contributed by atoms with E-state index in [2.05, 4.69) is 22.8 Å². The highest BCUT2D eigenvalue weighted by Gasteiger charge is 2.28. The summed E-state index contributed by atoms with van der Waals surface area (Å²) in [6.07, 6.45) is 8.81. The first-order valence-electron chi connectivity index (χ1n) is 13.7. The van der Waals surface area contributed by atoms with Gasteiger partial charge >= 0.3 is 0 Å². The van der Waals surface area contributed by atoms with E-state index in [1.165, 1.54) is 43.5 Å². The monoisotopic (exact) mass is 522 g/mol. The highest BCUT2D eigenvalue weighted by atomic mass is 19.1. The van der Waals surface area contributed by atoms with Crippen LogP contribution >= 0.6 is 0 Å². The molecule has 1 heterocycles. The number of nitrogens with zero attached hydrogens (tertiary/aromatic N) is 2. The van der Waals surface area contributed by atoms with Gasteiger partial charge in [0.2, 0.25) is 11.8 Å². The molecule has 1 aliphatic rings. The van der Waals surface area contributed by atoms with Crippen LogP contribution in [0.2, 0.25) is 0 Å². The Labute approximate surface area is 224 Å². The minimum absolute atomic E-state index is 0.0774. The van der Waals surface area contributed by atoms with Crippen molar-refractivity contribution in [3.8, 4) is 0 Å². The van der Waals surface area contributed by atoms with E-state index >= 15 is 0 Å². The molecule has 7 nitrogen and oxygen atoms in total. The first-order valence-corrected chi connectivity index (χ1v) is 13.7. The van der Waals surface area contributed by atoms with Crippen LogP contribution in [0.3, 0.4) is 0 Å². The second-order valence-corrected chi connectivity index (χ2v) is 9.79. The molecule has 204 valence electrons. The van der Waals surface area contributed by atoms with Crippen molar-refractivity contribution in [3.05, 3.63) is 71.5 Å². The molecule has 0 aromatic heterocycles. The number of halogens is 1. The Hall–Kier alpha value is -3.55. The first kappa shape index (κ1) is 29.0. The van der Waals surface area contributed by atoms with E-state index in [1.54, 1.807) is 0 Å². The predicted octanol–water partition coefficient (Wildman–Crippen LogP) is 5.07. The summed E-state index contributed by atoms with van der Waals surface area (Å²) in [7, 11) is 0. The smallest absolute Gasteiger partial charge is 0.251 e. The second kappa shape index (κ2) is 15.6. The summed E-state index contributed by atoms with van der Waals surface area (Å²) < 4.78 is 13.2. The molecule has 0 bridgehead atoms. The Bertz CT molecular complexity index is 1070. The minimum Gasteiger partial charge on any atom is -0.346 e. The Morgan fingerprint density at radius 3 is 2.39 bits per heavy atom. The maximum Gasteiger partial charge on any atom is 0.251 e. The molecule has 1 unspecified atom stereocenters. The van der Waals surface area contributed by atoms with Crippen LogP contribution in [-0.2, 0) is 9.59 Å². The van der Waals surface area contributed by atoms with Crippen molar-refractivity contribution in [2.45, 2.75) is 64.7 Å². The number of amides is 3. The van der Waals surface area contributed by atoms with E-state index in [-0.39, 0.29) is 30.2 Å². The van der Waals surface area contributed by atoms with Gasteiger partial charge in [0.25, 0.3) is 5.91 Å². The average molecular weight is 523 g/mol. The maximum absolute atomic E-state index is 13.2. The second-order valence-electron chi connectivity index (χ2n) is 9.79. The van der Waals surface area contributed by atoms with Crippen LogP contribution in [0.1, 0.15) is 80.6 Å². The standard InChI is InChI=1S/C30H39FN4O3/c1-2-3-4-5-6-10-15-28(36)35-20-11-14-25(22-35)30(38)34-33-27(23-12-8-7-9-13-23)21-32-29(37)24-16-18-26(31)19-17-24/h7-9,12-13,16-19,25H,2-6,10-11,14-15,20-22H2,1H3,(H,32,37)(H,34,38). The molecule has 2 aromatic carbocycles. The van der Waals surface area contributed by atoms with Gasteiger partial charge < -0.3 is 10.2 Å². The molecule has 2 aromatic rings. The van der Waals surface area contributed by atoms with Crippen molar-refractivity contribution in [1.82, 2.24) is 15.6 Å². The lowest BCUT2D eigenvalue weighted by Crippen LogP contribution is -2.45. The first-order chi connectivity index (χ1) is 18.5. The summed E-state index contributed by atoms with van der Waals surface area (Å²) in [6, 6.07) is 14.5. The van der Waals surface area contributed by atoms with Crippen molar-refractivity contribution in [3.63, 3.8) is 0 Å². The van der Waals surface area contributed by atoms with Crippen molar-refractivity contribution in [2.24, 2.45) is 11.0 Å². The normalized spacial score (nSPS) is 15.7. The number of rotatable bonds is 13. The van der Waals surface area contributed by atoms with E-state index in [9.17, 15) is 18.8 Å². The van der Waals surface area contributed by atoms with Crippen LogP contribution in [-0.4, -0.2) is 48.0 Å². The SMILES string of the molecule is CCCCCCCCC(=O)N1CCCC(C(=O)NN=C(CNC(=O)c2ccc(F)cc2)c2ccccc2)C1. The largest absolute Gasteiger partial charge is 0.346 e. The number of carbonyl (C=O) groups is 3. The van der Waals surface area contributed by atoms with Crippen LogP contribution < -0.4 is 10.7 Å². The molecule has 1 atom stereocenters. The van der Waals surface area contributed by atoms with Gasteiger partial charge in [-0.1, -0.05) is 69.4 Å². The number of hydrazone groups is 1. The fourth-order valence-corrected chi connectivity index (χ4v) is 4.55. The molecular weight excluding hydrogens is 483 g/mol. The third kappa shape index (κ3) is 9.39. The average Bonchev–Trinajstić information content (AvgIpc) is 2.95. The molecule has 0 radical (unpaired) electrons. The number of hydrogen-bond acceptors (Lipinski definition) is 4. The molecular formula is C30H39FN4O3. The predicted molar refractivity (Wildman–Crippen MR) is 147 cm³/mol. The zero-order chi connectivity index (χ0) is 27.2. The number of unbranched alkanes of at least 4 members (excludes halogenated alkanes) is 5. The fourth-order valence-electron chi connectivity index (χ4n) is 4.55. The van der Waals surface area contributed by atoms with Gasteiger partial charge in [-0.15, -0.1) is 0 Å². The maximum atomic E-state index is 13.2. The highest BCUT2D eigenvalue weighted by molar-refractivity contribution is 6.05. The number of benzene rings is 2. The number of likely N-dealkylation sites (tertiary alicyclic amines) is 1. The summed E-state index contributed by atoms with van der Waals surface area (Å²) >= 11 is 0. The summed E-state index contributed by atoms with van der Waals surface area (Å²) in [5.74, 6) is -1.23. The minimum atomic E-state index is -0.416. The van der Waals surface area contributed by atoms with Gasteiger partial charge in [0.1, 0.15) is 5.82 Å². The summed E-state index contributed by atoms with van der Waals surface area (Å²) in [6.45, 7) is 3.35. The van der Waals surface area contributed by atoms with E-state index < -0.39 is 5.82 Å². The van der Waals surface area contributed by atoms with Crippen molar-refractivity contribution >= 4 is 23.4 Å². The molecule has 1 saturated heterocycles. The zero-order valence-corrected chi connectivity index (χ0v) is 22.3. The topological polar surface area (TPSA) is 90.9 Å². The number of piperidine rings is 1. The van der Waals surface area contributed by atoms with E-state index in [0.717, 1.165) is 31.2 Å². The molecule has 0 saturated carbocycles. The van der Waals surface area contributed by atoms with Crippen molar-refractivity contribution in [2.75, 3.05) is 19.6 Å². The van der Waals surface area contributed by atoms with Gasteiger partial charge in [-0.05, 0) is 49.1 Å². The molecule has 38 heavy (non-hydrogen) atoms. The van der Waals surface area contributed by atoms with E-state index in [1.807, 2.05) is 35.2 Å². The molecule has 1 aliphatic heterocycles. The Kier molecular flexibility index (Phi) is 11.9. The van der Waals surface area contributed by atoms with E-state index in [0.29, 0.717) is 37.2 Å². The zero-order valence-electron chi connectivity index (χ0n) is 22.3. The van der Waals surface area contributed by atoms with Crippen LogP contribution in [0.15, 0.2) is 59.7 Å². The quantitative estimate of drug-likeness (QED) is 0.219. The van der Waals surface area contributed by atoms with Crippen LogP contribution in [0, 0.1) is 11.7 Å². The van der Waals surface area contributed by atoms with E-state index in [4.69, 9.17) is 0 Å². The molecule has 1 fully saturated rings. The molecule has 3 rings (SSSR count). The Balaban J connectivity index is 1.55. The van der Waals surface area contributed by atoms with Crippen LogP contribution in [0.4, 0.5) is 4.39 Å². The van der Waals surface area contributed by atoms with Gasteiger partial charge in [0, 0.05) is 25.1 Å². The summed E-state index contributed by atoms with van der Waals surface area (Å²) in [5.41, 5.74) is 4.24. The lowest BCUT2D eigenvalue weighted by molar-refractivity contribution is -0.135. The number of hydrogen-bond donors (Lipinski definition) is 2. The highest BCUT2D eigenvalue weighted by Crippen LogP contribution is 2.19. The van der Waals surface area contributed by atoms with Crippen LogP contribution in [0.5, 0.6) is 0 Å². The molecule has 3 amide bonds. The lowest BCUT2D eigenvalue weighted by atomic mass is 9.97. The van der Waals surface area contributed by atoms with Crippen molar-refractivity contribution < 1.29 is 18.8 Å². The van der Waals surface area contributed by atoms with Crippen molar-refractivity contribution in [1.29, 1.82) is 0 Å². The third-order valence-corrected chi connectivity index (χ3v) is 6.82. The number of nitrogens with one attached hydrogen (secondary N) is 2. The van der Waals surface area contributed by atoms with Crippen LogP contribution in [0.25, 0.3) is 0 Å². The van der Waals surface area contributed by atoms with Gasteiger partial charge in [0.05, 0.1) is 18.2 Å². The molecule has 2 N–H and O–H groups in total. The molecule has 8 heteroatoms. The van der Waals surface area contributed by atoms with Gasteiger partial charge in [0.15, 0.2) is 0 Å².